The van der Waals surface area contributed by atoms with Crippen LogP contribution in [0.3, 0.4) is 0 Å². The van der Waals surface area contributed by atoms with E-state index < -0.39 is 0 Å². The molecule has 0 spiro atoms. The fourth-order valence-corrected chi connectivity index (χ4v) is 6.69. The van der Waals surface area contributed by atoms with Crippen LogP contribution in [0.15, 0.2) is 42.7 Å². The number of unbranched alkanes of at least 4 members (excludes halogenated alkanes) is 25. The fourth-order valence-electron chi connectivity index (χ4n) is 6.69. The second kappa shape index (κ2) is 27.9. The molecule has 2 nitrogen and oxygen atoms in total. The van der Waals surface area contributed by atoms with Crippen molar-refractivity contribution in [2.45, 2.75) is 207 Å². The van der Waals surface area contributed by atoms with Gasteiger partial charge in [-0.1, -0.05) is 198 Å². The van der Waals surface area contributed by atoms with Crippen molar-refractivity contribution in [3.05, 3.63) is 54.1 Å². The van der Waals surface area contributed by atoms with Gasteiger partial charge >= 0.3 is 0 Å². The second-order valence-corrected chi connectivity index (χ2v) is 13.6. The van der Waals surface area contributed by atoms with E-state index in [1.165, 1.54) is 192 Å². The summed E-state index contributed by atoms with van der Waals surface area (Å²) >= 11 is 0. The Morgan fingerprint density at radius 1 is 0.465 bits per heavy atom. The highest BCUT2D eigenvalue weighted by molar-refractivity contribution is 5.13. The molecule has 43 heavy (non-hydrogen) atoms. The van der Waals surface area contributed by atoms with Crippen LogP contribution < -0.4 is 4.57 Å². The van der Waals surface area contributed by atoms with Gasteiger partial charge in [0.05, 0.1) is 6.54 Å². The number of imidazole rings is 1. The second-order valence-electron chi connectivity index (χ2n) is 13.6. The van der Waals surface area contributed by atoms with E-state index in [4.69, 9.17) is 0 Å². The Morgan fingerprint density at radius 2 is 0.860 bits per heavy atom. The number of benzene rings is 1. The Kier molecular flexibility index (Phi) is 24.4. The minimum Gasteiger partial charge on any atom is -0.234 e. The highest BCUT2D eigenvalue weighted by atomic mass is 15.1. The lowest BCUT2D eigenvalue weighted by atomic mass is 10.0. The van der Waals surface area contributed by atoms with Gasteiger partial charge in [-0.2, -0.15) is 0 Å². The number of rotatable bonds is 31. The summed E-state index contributed by atoms with van der Waals surface area (Å²) < 4.78 is 5.11. The zero-order valence-corrected chi connectivity index (χ0v) is 29.1. The van der Waals surface area contributed by atoms with E-state index in [1.54, 1.807) is 5.82 Å². The highest BCUT2D eigenvalue weighted by Crippen LogP contribution is 2.16. The van der Waals surface area contributed by atoms with Crippen molar-refractivity contribution in [1.29, 1.82) is 0 Å². The lowest BCUT2D eigenvalue weighted by Crippen LogP contribution is -2.37. The van der Waals surface area contributed by atoms with Crippen LogP contribution in [0.4, 0.5) is 0 Å². The molecule has 246 valence electrons. The Balaban J connectivity index is 1.57. The smallest absolute Gasteiger partial charge is 0.234 e. The molecule has 0 atom stereocenters. The zero-order chi connectivity index (χ0) is 30.5. The van der Waals surface area contributed by atoms with Crippen molar-refractivity contribution in [1.82, 2.24) is 4.57 Å². The van der Waals surface area contributed by atoms with Crippen LogP contribution in [-0.2, 0) is 19.5 Å². The molecule has 0 unspecified atom stereocenters. The maximum atomic E-state index is 2.58. The number of aromatic nitrogens is 2. The summed E-state index contributed by atoms with van der Waals surface area (Å²) in [6.45, 7) is 6.80. The SMILES string of the molecule is CCCCCCCCCCCCCCCCCCCc1n(CCCCCCCCCCCC)cc[n+]1Cc1ccccc1. The number of nitrogens with zero attached hydrogens (tertiary/aromatic N) is 2. The van der Waals surface area contributed by atoms with Crippen molar-refractivity contribution in [3.8, 4) is 0 Å². The number of hydrogen-bond donors (Lipinski definition) is 0. The van der Waals surface area contributed by atoms with E-state index in [9.17, 15) is 0 Å². The molecule has 1 aromatic heterocycles. The largest absolute Gasteiger partial charge is 0.256 e. The molecule has 2 heteroatoms. The average Bonchev–Trinajstić information content (AvgIpc) is 3.40. The van der Waals surface area contributed by atoms with Crippen LogP contribution >= 0.6 is 0 Å². The third kappa shape index (κ3) is 20.2. The summed E-state index contributed by atoms with van der Waals surface area (Å²) in [5, 5.41) is 0. The molecule has 0 fully saturated rings. The van der Waals surface area contributed by atoms with E-state index in [-0.39, 0.29) is 0 Å². The van der Waals surface area contributed by atoms with Crippen LogP contribution in [-0.4, -0.2) is 4.57 Å². The van der Waals surface area contributed by atoms with Crippen molar-refractivity contribution < 1.29 is 4.57 Å². The van der Waals surface area contributed by atoms with Gasteiger partial charge in [0, 0.05) is 6.42 Å². The molecule has 2 aromatic rings. The molecular formula is C41H73N2+. The minimum absolute atomic E-state index is 1.00. The molecule has 0 saturated carbocycles. The first-order valence-electron chi connectivity index (χ1n) is 19.5. The van der Waals surface area contributed by atoms with Gasteiger partial charge < -0.3 is 0 Å². The van der Waals surface area contributed by atoms with Gasteiger partial charge in [-0.15, -0.1) is 0 Å². The molecule has 0 radical (unpaired) electrons. The first kappa shape index (κ1) is 37.6. The molecule has 1 aromatic carbocycles. The van der Waals surface area contributed by atoms with Crippen molar-refractivity contribution in [2.24, 2.45) is 0 Å². The summed E-state index contributed by atoms with van der Waals surface area (Å²) in [5.41, 5.74) is 1.41. The molecule has 0 bridgehead atoms. The molecule has 0 aliphatic rings. The maximum absolute atomic E-state index is 2.58. The van der Waals surface area contributed by atoms with Crippen LogP contribution in [0, 0.1) is 0 Å². The zero-order valence-electron chi connectivity index (χ0n) is 29.1. The Bertz CT molecular complexity index is 839. The van der Waals surface area contributed by atoms with Gasteiger partial charge in [-0.05, 0) is 24.8 Å². The number of hydrogen-bond acceptors (Lipinski definition) is 0. The Labute approximate surface area is 269 Å². The van der Waals surface area contributed by atoms with Crippen LogP contribution in [0.5, 0.6) is 0 Å². The predicted molar refractivity (Wildman–Crippen MR) is 190 cm³/mol. The van der Waals surface area contributed by atoms with Crippen molar-refractivity contribution in [3.63, 3.8) is 0 Å². The molecular weight excluding hydrogens is 520 g/mol. The van der Waals surface area contributed by atoms with E-state index in [1.807, 2.05) is 0 Å². The van der Waals surface area contributed by atoms with Gasteiger partial charge in [-0.3, -0.25) is 0 Å². The van der Waals surface area contributed by atoms with Crippen LogP contribution in [0.2, 0.25) is 0 Å². The van der Waals surface area contributed by atoms with Crippen molar-refractivity contribution in [2.75, 3.05) is 0 Å². The summed E-state index contributed by atoms with van der Waals surface area (Å²) in [4.78, 5) is 0. The molecule has 0 saturated heterocycles. The average molecular weight is 594 g/mol. The van der Waals surface area contributed by atoms with Gasteiger partial charge in [0.15, 0.2) is 0 Å². The van der Waals surface area contributed by atoms with Gasteiger partial charge in [0.25, 0.3) is 5.82 Å². The Morgan fingerprint density at radius 3 is 1.30 bits per heavy atom. The lowest BCUT2D eigenvalue weighted by molar-refractivity contribution is -0.695. The van der Waals surface area contributed by atoms with E-state index in [2.05, 4.69) is 65.7 Å². The quantitative estimate of drug-likeness (QED) is 0.0607. The van der Waals surface area contributed by atoms with Crippen molar-refractivity contribution >= 4 is 0 Å². The lowest BCUT2D eigenvalue weighted by Gasteiger charge is -2.07. The molecule has 0 amide bonds. The highest BCUT2D eigenvalue weighted by Gasteiger charge is 2.17. The molecule has 0 aliphatic heterocycles. The normalized spacial score (nSPS) is 11.5. The summed E-state index contributed by atoms with van der Waals surface area (Å²) in [5.74, 6) is 1.54. The maximum Gasteiger partial charge on any atom is 0.256 e. The third-order valence-corrected chi connectivity index (χ3v) is 9.54. The molecule has 0 N–H and O–H groups in total. The summed E-state index contributed by atoms with van der Waals surface area (Å²) in [6.07, 6.45) is 44.5. The summed E-state index contributed by atoms with van der Waals surface area (Å²) in [7, 11) is 0. The molecule has 0 aliphatic carbocycles. The first-order chi connectivity index (χ1) is 21.3. The summed E-state index contributed by atoms with van der Waals surface area (Å²) in [6, 6.07) is 11.0. The molecule has 2 rings (SSSR count). The monoisotopic (exact) mass is 594 g/mol. The van der Waals surface area contributed by atoms with E-state index in [0.717, 1.165) is 6.54 Å². The third-order valence-electron chi connectivity index (χ3n) is 9.54. The topological polar surface area (TPSA) is 8.81 Å². The standard InChI is InChI=1S/C41H73N2/c1-3-5-7-9-11-13-15-16-17-18-19-20-21-22-24-26-31-35-41-42(36-32-27-25-23-14-12-10-8-6-4-2)37-38-43(41)39-40-33-29-28-30-34-40/h28-30,33-34,37-38H,3-27,31-32,35-36,39H2,1-2H3/q+1. The number of aryl methyl sites for hydroxylation is 1. The van der Waals surface area contributed by atoms with E-state index >= 15 is 0 Å². The van der Waals surface area contributed by atoms with Crippen LogP contribution in [0.1, 0.15) is 199 Å². The van der Waals surface area contributed by atoms with Gasteiger partial charge in [0.2, 0.25) is 0 Å². The van der Waals surface area contributed by atoms with E-state index in [0.29, 0.717) is 0 Å². The minimum atomic E-state index is 1.00. The predicted octanol–water partition coefficient (Wildman–Crippen LogP) is 12.9. The van der Waals surface area contributed by atoms with Crippen LogP contribution in [0.25, 0.3) is 0 Å². The van der Waals surface area contributed by atoms with Gasteiger partial charge in [0.1, 0.15) is 18.9 Å². The first-order valence-corrected chi connectivity index (χ1v) is 19.5. The van der Waals surface area contributed by atoms with Gasteiger partial charge in [-0.25, -0.2) is 9.13 Å². The molecule has 1 heterocycles. The fraction of sp³-hybridized carbons (Fsp3) is 0.780. The Hall–Kier alpha value is -1.57.